The summed E-state index contributed by atoms with van der Waals surface area (Å²) in [5.41, 5.74) is 12.3. The Morgan fingerprint density at radius 2 is 0.882 bits per heavy atom. The fourth-order valence-electron chi connectivity index (χ4n) is 7.46. The van der Waals surface area contributed by atoms with E-state index in [1.807, 2.05) is 23.5 Å². The van der Waals surface area contributed by atoms with Crippen LogP contribution in [0.4, 0.5) is 17.1 Å². The molecule has 0 aliphatic rings. The van der Waals surface area contributed by atoms with Gasteiger partial charge in [-0.2, -0.15) is 0 Å². The number of rotatable bonds is 6. The molecule has 3 heteroatoms. The minimum Gasteiger partial charge on any atom is -0.456 e. The van der Waals surface area contributed by atoms with Crippen LogP contribution >= 0.6 is 11.3 Å². The van der Waals surface area contributed by atoms with Gasteiger partial charge in [-0.3, -0.25) is 0 Å². The molecule has 0 radical (unpaired) electrons. The van der Waals surface area contributed by atoms with E-state index < -0.39 is 0 Å². The third-order valence-electron chi connectivity index (χ3n) is 9.91. The third kappa shape index (κ3) is 5.10. The number of para-hydroxylation sites is 1. The molecule has 2 nitrogen and oxygen atoms in total. The number of hydrogen-bond acceptors (Lipinski definition) is 3. The Bertz CT molecular complexity index is 2830. The second kappa shape index (κ2) is 12.2. The van der Waals surface area contributed by atoms with E-state index >= 15 is 0 Å². The second-order valence-electron chi connectivity index (χ2n) is 12.9. The number of hydrogen-bond donors (Lipinski definition) is 0. The van der Waals surface area contributed by atoms with Crippen molar-refractivity contribution in [3.8, 4) is 33.4 Å². The summed E-state index contributed by atoms with van der Waals surface area (Å²) in [5.74, 6) is 0. The van der Waals surface area contributed by atoms with Gasteiger partial charge in [0.25, 0.3) is 0 Å². The Hall–Kier alpha value is -6.42. The third-order valence-corrected chi connectivity index (χ3v) is 11.0. The van der Waals surface area contributed by atoms with Crippen molar-refractivity contribution in [3.63, 3.8) is 0 Å². The van der Waals surface area contributed by atoms with Crippen LogP contribution in [-0.2, 0) is 0 Å². The molecule has 2 heterocycles. The summed E-state index contributed by atoms with van der Waals surface area (Å²) in [4.78, 5) is 2.36. The first kappa shape index (κ1) is 29.5. The van der Waals surface area contributed by atoms with Crippen molar-refractivity contribution >= 4 is 70.5 Å². The lowest BCUT2D eigenvalue weighted by molar-refractivity contribution is 0.669. The topological polar surface area (TPSA) is 16.4 Å². The fraction of sp³-hybridized carbons (Fsp3) is 0. The number of fused-ring (bicyclic) bond motifs is 6. The first-order chi connectivity index (χ1) is 25.3. The minimum absolute atomic E-state index is 0.876. The van der Waals surface area contributed by atoms with E-state index in [9.17, 15) is 0 Å². The highest BCUT2D eigenvalue weighted by Gasteiger charge is 2.20. The van der Waals surface area contributed by atoms with E-state index in [2.05, 4.69) is 181 Å². The largest absolute Gasteiger partial charge is 0.456 e. The Morgan fingerprint density at radius 3 is 1.61 bits per heavy atom. The predicted octanol–water partition coefficient (Wildman–Crippen LogP) is 14.4. The van der Waals surface area contributed by atoms with Gasteiger partial charge in [0.05, 0.1) is 11.1 Å². The van der Waals surface area contributed by atoms with Gasteiger partial charge in [-0.15, -0.1) is 11.3 Å². The van der Waals surface area contributed by atoms with Gasteiger partial charge in [-0.1, -0.05) is 133 Å². The zero-order valence-electron chi connectivity index (χ0n) is 27.7. The summed E-state index contributed by atoms with van der Waals surface area (Å²) in [6.45, 7) is 0. The molecule has 0 saturated heterocycles. The lowest BCUT2D eigenvalue weighted by Gasteiger charge is -2.26. The number of thiophene rings is 1. The predicted molar refractivity (Wildman–Crippen MR) is 218 cm³/mol. The van der Waals surface area contributed by atoms with E-state index in [1.165, 1.54) is 53.6 Å². The number of anilines is 3. The zero-order valence-corrected chi connectivity index (χ0v) is 28.5. The van der Waals surface area contributed by atoms with Crippen molar-refractivity contribution in [1.29, 1.82) is 0 Å². The van der Waals surface area contributed by atoms with Crippen molar-refractivity contribution < 1.29 is 4.42 Å². The van der Waals surface area contributed by atoms with Crippen molar-refractivity contribution in [2.75, 3.05) is 4.90 Å². The SMILES string of the molecule is c1ccc(-c2ccc(-c3ccc(N(c4ccc(-c5cccc6sc7ccccc7c56)cc4)c4cccc5oc6ccccc6c45)cc3)cc2)cc1. The molecule has 0 N–H and O–H groups in total. The molecule has 0 unspecified atom stereocenters. The van der Waals surface area contributed by atoms with Crippen LogP contribution in [0.3, 0.4) is 0 Å². The minimum atomic E-state index is 0.876. The first-order valence-electron chi connectivity index (χ1n) is 17.3. The second-order valence-corrected chi connectivity index (χ2v) is 14.0. The normalized spacial score (nSPS) is 11.5. The molecule has 0 atom stereocenters. The van der Waals surface area contributed by atoms with Crippen LogP contribution in [0, 0.1) is 0 Å². The molecule has 0 amide bonds. The van der Waals surface area contributed by atoms with Gasteiger partial charge >= 0.3 is 0 Å². The lowest BCUT2D eigenvalue weighted by atomic mass is 9.98. The van der Waals surface area contributed by atoms with E-state index in [0.29, 0.717) is 0 Å². The zero-order chi connectivity index (χ0) is 33.7. The Labute approximate surface area is 300 Å². The highest BCUT2D eigenvalue weighted by Crippen LogP contribution is 2.45. The van der Waals surface area contributed by atoms with Gasteiger partial charge in [0.15, 0.2) is 0 Å². The molecule has 2 aromatic heterocycles. The summed E-state index contributed by atoms with van der Waals surface area (Å²) < 4.78 is 8.98. The van der Waals surface area contributed by atoms with Crippen LogP contribution in [0.2, 0.25) is 0 Å². The summed E-state index contributed by atoms with van der Waals surface area (Å²) >= 11 is 1.86. The summed E-state index contributed by atoms with van der Waals surface area (Å²) in [5, 5.41) is 4.85. The van der Waals surface area contributed by atoms with Crippen LogP contribution in [0.5, 0.6) is 0 Å². The van der Waals surface area contributed by atoms with Crippen LogP contribution in [0.1, 0.15) is 0 Å². The maximum Gasteiger partial charge on any atom is 0.137 e. The molecular formula is C48H31NOS. The first-order valence-corrected chi connectivity index (χ1v) is 18.1. The highest BCUT2D eigenvalue weighted by atomic mass is 32.1. The number of benzene rings is 8. The Balaban J connectivity index is 1.08. The molecule has 0 aliphatic heterocycles. The van der Waals surface area contributed by atoms with Crippen LogP contribution in [-0.4, -0.2) is 0 Å². The van der Waals surface area contributed by atoms with Gasteiger partial charge in [0.1, 0.15) is 11.2 Å². The number of nitrogens with zero attached hydrogens (tertiary/aromatic N) is 1. The molecule has 10 aromatic rings. The Morgan fingerprint density at radius 1 is 0.353 bits per heavy atom. The molecule has 240 valence electrons. The van der Waals surface area contributed by atoms with E-state index in [0.717, 1.165) is 39.0 Å². The van der Waals surface area contributed by atoms with E-state index in [-0.39, 0.29) is 0 Å². The fourth-order valence-corrected chi connectivity index (χ4v) is 8.60. The van der Waals surface area contributed by atoms with Gasteiger partial charge < -0.3 is 9.32 Å². The van der Waals surface area contributed by atoms with Crippen molar-refractivity contribution in [2.45, 2.75) is 0 Å². The smallest absolute Gasteiger partial charge is 0.137 e. The summed E-state index contributed by atoms with van der Waals surface area (Å²) in [7, 11) is 0. The molecule has 51 heavy (non-hydrogen) atoms. The van der Waals surface area contributed by atoms with Crippen LogP contribution in [0.25, 0.3) is 75.5 Å². The van der Waals surface area contributed by atoms with Crippen LogP contribution in [0.15, 0.2) is 192 Å². The molecule has 10 rings (SSSR count). The number of furan rings is 1. The van der Waals surface area contributed by atoms with E-state index in [1.54, 1.807) is 0 Å². The van der Waals surface area contributed by atoms with E-state index in [4.69, 9.17) is 4.42 Å². The molecule has 8 aromatic carbocycles. The molecule has 0 bridgehead atoms. The average molecular weight is 670 g/mol. The van der Waals surface area contributed by atoms with Gasteiger partial charge in [0, 0.05) is 36.9 Å². The van der Waals surface area contributed by atoms with Gasteiger partial charge in [-0.25, -0.2) is 0 Å². The molecular weight excluding hydrogens is 639 g/mol. The quantitative estimate of drug-likeness (QED) is 0.175. The molecule has 0 saturated carbocycles. The highest BCUT2D eigenvalue weighted by molar-refractivity contribution is 7.25. The van der Waals surface area contributed by atoms with Crippen molar-refractivity contribution in [1.82, 2.24) is 0 Å². The lowest BCUT2D eigenvalue weighted by Crippen LogP contribution is -2.10. The molecule has 0 fully saturated rings. The maximum atomic E-state index is 6.35. The van der Waals surface area contributed by atoms with Crippen molar-refractivity contribution in [3.05, 3.63) is 188 Å². The van der Waals surface area contributed by atoms with Crippen molar-refractivity contribution in [2.24, 2.45) is 0 Å². The van der Waals surface area contributed by atoms with Gasteiger partial charge in [0.2, 0.25) is 0 Å². The van der Waals surface area contributed by atoms with Gasteiger partial charge in [-0.05, 0) is 88.0 Å². The average Bonchev–Trinajstić information content (AvgIpc) is 3.78. The molecule has 0 spiro atoms. The standard InChI is InChI=1S/C48H31NOS/c1-2-10-32(11-3-1)33-20-22-34(23-21-33)35-24-28-37(29-25-35)49(42-15-9-17-44-48(42)40-12-4-6-16-43(40)50-44)38-30-26-36(27-31-38)39-14-8-19-46-47(39)41-13-5-7-18-45(41)51-46/h1-31H. The monoisotopic (exact) mass is 669 g/mol. The van der Waals surface area contributed by atoms with Crippen LogP contribution < -0.4 is 4.90 Å². The maximum absolute atomic E-state index is 6.35. The summed E-state index contributed by atoms with van der Waals surface area (Å²) in [6.07, 6.45) is 0. The Kier molecular flexibility index (Phi) is 7.04. The summed E-state index contributed by atoms with van der Waals surface area (Å²) in [6, 6.07) is 67.3. The molecule has 0 aliphatic carbocycles.